The zero-order chi connectivity index (χ0) is 27.4. The first-order valence-corrected chi connectivity index (χ1v) is 10.3. The molecule has 0 spiro atoms. The Kier molecular flexibility index (Phi) is 13.4. The normalized spacial score (nSPS) is 12.1. The van der Waals surface area contributed by atoms with Crippen molar-refractivity contribution in [1.29, 1.82) is 0 Å². The Bertz CT molecular complexity index is 875. The van der Waals surface area contributed by atoms with Gasteiger partial charge in [0.2, 0.25) is 0 Å². The minimum atomic E-state index is -4.66. The SMILES string of the molecule is CCC(C)CN(Cc1ccccc1C)C(=O)C(=O)OCC(F)(F)F.O=C(Cl)C(=O)OCC(F)(F)F. The van der Waals surface area contributed by atoms with Crippen LogP contribution in [0.2, 0.25) is 0 Å². The van der Waals surface area contributed by atoms with Gasteiger partial charge in [0, 0.05) is 13.1 Å². The molecular weight excluding hydrogens is 512 g/mol. The molecular formula is C21H24ClF6NO6. The summed E-state index contributed by atoms with van der Waals surface area (Å²) in [7, 11) is 0. The van der Waals surface area contributed by atoms with Gasteiger partial charge in [0.1, 0.15) is 0 Å². The second-order valence-electron chi connectivity index (χ2n) is 7.28. The van der Waals surface area contributed by atoms with Crippen LogP contribution in [0, 0.1) is 12.8 Å². The largest absolute Gasteiger partial charge is 0.449 e. The lowest BCUT2D eigenvalue weighted by molar-refractivity contribution is -0.189. The van der Waals surface area contributed by atoms with Gasteiger partial charge in [-0.25, -0.2) is 9.59 Å². The van der Waals surface area contributed by atoms with Crippen LogP contribution in [0.1, 0.15) is 31.4 Å². The molecule has 0 aromatic heterocycles. The number of esters is 2. The molecule has 0 aliphatic carbocycles. The van der Waals surface area contributed by atoms with Crippen molar-refractivity contribution in [1.82, 2.24) is 4.90 Å². The molecule has 7 nitrogen and oxygen atoms in total. The van der Waals surface area contributed by atoms with Crippen LogP contribution in [0.5, 0.6) is 0 Å². The molecule has 0 aliphatic heterocycles. The summed E-state index contributed by atoms with van der Waals surface area (Å²) >= 11 is 4.48. The van der Waals surface area contributed by atoms with E-state index in [4.69, 9.17) is 0 Å². The number of ether oxygens (including phenoxy) is 2. The number of rotatable bonds is 8. The number of benzene rings is 1. The summed E-state index contributed by atoms with van der Waals surface area (Å²) < 4.78 is 77.7. The van der Waals surface area contributed by atoms with Gasteiger partial charge >= 0.3 is 35.4 Å². The monoisotopic (exact) mass is 535 g/mol. The highest BCUT2D eigenvalue weighted by atomic mass is 35.5. The molecule has 0 saturated heterocycles. The van der Waals surface area contributed by atoms with E-state index in [0.717, 1.165) is 17.5 Å². The van der Waals surface area contributed by atoms with Crippen LogP contribution in [0.3, 0.4) is 0 Å². The average molecular weight is 536 g/mol. The molecule has 1 aromatic rings. The molecule has 0 bridgehead atoms. The fourth-order valence-electron chi connectivity index (χ4n) is 2.26. The van der Waals surface area contributed by atoms with Crippen molar-refractivity contribution in [3.63, 3.8) is 0 Å². The predicted molar refractivity (Wildman–Crippen MR) is 111 cm³/mol. The van der Waals surface area contributed by atoms with Gasteiger partial charge < -0.3 is 14.4 Å². The fourth-order valence-corrected chi connectivity index (χ4v) is 2.31. The van der Waals surface area contributed by atoms with Crippen LogP contribution in [-0.2, 0) is 35.2 Å². The van der Waals surface area contributed by atoms with Crippen molar-refractivity contribution in [2.45, 2.75) is 46.1 Å². The van der Waals surface area contributed by atoms with Crippen LogP contribution < -0.4 is 0 Å². The van der Waals surface area contributed by atoms with E-state index in [-0.39, 0.29) is 19.0 Å². The first-order valence-electron chi connectivity index (χ1n) is 9.97. The van der Waals surface area contributed by atoms with E-state index in [1.165, 1.54) is 4.90 Å². The standard InChI is InChI=1S/C17H22F3NO3.C4H2ClF3O3/c1-4-12(2)9-21(10-14-8-6-5-7-13(14)3)15(22)16(23)24-11-17(18,19)20;5-2(9)3(10)11-1-4(6,7)8/h5-8,12H,4,9-11H2,1-3H3;1H2. The van der Waals surface area contributed by atoms with E-state index in [1.54, 1.807) is 6.07 Å². The number of nitrogens with zero attached hydrogens (tertiary/aromatic N) is 1. The van der Waals surface area contributed by atoms with E-state index in [2.05, 4.69) is 21.1 Å². The third-order valence-electron chi connectivity index (χ3n) is 4.21. The number of amides is 1. The second-order valence-corrected chi connectivity index (χ2v) is 7.63. The summed E-state index contributed by atoms with van der Waals surface area (Å²) in [6, 6.07) is 7.32. The van der Waals surface area contributed by atoms with Gasteiger partial charge in [-0.05, 0) is 35.6 Å². The van der Waals surface area contributed by atoms with Crippen molar-refractivity contribution in [2.24, 2.45) is 5.92 Å². The van der Waals surface area contributed by atoms with Crippen LogP contribution in [0.15, 0.2) is 24.3 Å². The Labute approximate surface area is 202 Å². The first-order chi connectivity index (χ1) is 16.0. The molecule has 0 aliphatic rings. The third kappa shape index (κ3) is 14.9. The lowest BCUT2D eigenvalue weighted by Crippen LogP contribution is -2.40. The number of aryl methyl sites for hydroxylation is 1. The molecule has 1 amide bonds. The molecule has 1 atom stereocenters. The zero-order valence-corrected chi connectivity index (χ0v) is 19.7. The number of hydrogen-bond acceptors (Lipinski definition) is 6. The van der Waals surface area contributed by atoms with E-state index in [1.807, 2.05) is 39.0 Å². The van der Waals surface area contributed by atoms with Crippen molar-refractivity contribution in [2.75, 3.05) is 19.8 Å². The van der Waals surface area contributed by atoms with Crippen molar-refractivity contribution < 1.29 is 55.0 Å². The van der Waals surface area contributed by atoms with Crippen LogP contribution >= 0.6 is 11.6 Å². The lowest BCUT2D eigenvalue weighted by atomic mass is 10.1. The van der Waals surface area contributed by atoms with Crippen molar-refractivity contribution in [3.8, 4) is 0 Å². The molecule has 0 radical (unpaired) electrons. The highest BCUT2D eigenvalue weighted by Gasteiger charge is 2.33. The smallest absolute Gasteiger partial charge is 0.422 e. The van der Waals surface area contributed by atoms with Gasteiger partial charge in [-0.1, -0.05) is 44.5 Å². The highest BCUT2D eigenvalue weighted by Crippen LogP contribution is 2.17. The predicted octanol–water partition coefficient (Wildman–Crippen LogP) is 4.33. The zero-order valence-electron chi connectivity index (χ0n) is 19.0. The lowest BCUT2D eigenvalue weighted by Gasteiger charge is -2.25. The number of carbonyl (C=O) groups excluding carboxylic acids is 4. The molecule has 1 unspecified atom stereocenters. The Morgan fingerprint density at radius 3 is 1.86 bits per heavy atom. The van der Waals surface area contributed by atoms with Crippen molar-refractivity contribution >= 4 is 34.7 Å². The van der Waals surface area contributed by atoms with Gasteiger partial charge in [-0.15, -0.1) is 0 Å². The Morgan fingerprint density at radius 2 is 1.43 bits per heavy atom. The average Bonchev–Trinajstić information content (AvgIpc) is 2.75. The summed E-state index contributed by atoms with van der Waals surface area (Å²) in [5.74, 6) is -4.13. The molecule has 0 saturated carbocycles. The molecule has 0 heterocycles. The topological polar surface area (TPSA) is 90.0 Å². The van der Waals surface area contributed by atoms with E-state index in [9.17, 15) is 45.5 Å². The number of carbonyl (C=O) groups is 4. The molecule has 0 fully saturated rings. The van der Waals surface area contributed by atoms with Gasteiger partial charge in [0.05, 0.1) is 0 Å². The highest BCUT2D eigenvalue weighted by molar-refractivity contribution is 6.80. The van der Waals surface area contributed by atoms with Gasteiger partial charge in [-0.3, -0.25) is 9.59 Å². The van der Waals surface area contributed by atoms with Gasteiger partial charge in [0.15, 0.2) is 13.2 Å². The quantitative estimate of drug-likeness (QED) is 0.213. The van der Waals surface area contributed by atoms with Crippen LogP contribution in [0.25, 0.3) is 0 Å². The van der Waals surface area contributed by atoms with Crippen LogP contribution in [-0.4, -0.2) is 60.1 Å². The van der Waals surface area contributed by atoms with E-state index < -0.39 is 48.7 Å². The summed E-state index contributed by atoms with van der Waals surface area (Å²) in [6.07, 6.45) is -8.52. The molecule has 0 N–H and O–H groups in total. The maximum atomic E-state index is 12.2. The molecule has 1 aromatic carbocycles. The fraction of sp³-hybridized carbons (Fsp3) is 0.524. The van der Waals surface area contributed by atoms with Crippen molar-refractivity contribution in [3.05, 3.63) is 35.4 Å². The number of alkyl halides is 6. The Balaban J connectivity index is 0.000000883. The maximum Gasteiger partial charge on any atom is 0.422 e. The van der Waals surface area contributed by atoms with Crippen LogP contribution in [0.4, 0.5) is 26.3 Å². The number of hydrogen-bond donors (Lipinski definition) is 0. The molecule has 1 rings (SSSR count). The summed E-state index contributed by atoms with van der Waals surface area (Å²) in [5.41, 5.74) is 1.76. The minimum absolute atomic E-state index is 0.105. The first kappa shape index (κ1) is 32.2. The molecule has 14 heteroatoms. The second kappa shape index (κ2) is 14.5. The third-order valence-corrected chi connectivity index (χ3v) is 4.36. The Morgan fingerprint density at radius 1 is 0.943 bits per heavy atom. The summed E-state index contributed by atoms with van der Waals surface area (Å²) in [5, 5.41) is -1.57. The van der Waals surface area contributed by atoms with Gasteiger partial charge in [0.25, 0.3) is 0 Å². The summed E-state index contributed by atoms with van der Waals surface area (Å²) in [4.78, 5) is 44.9. The summed E-state index contributed by atoms with van der Waals surface area (Å²) in [6.45, 7) is 2.55. The molecule has 35 heavy (non-hydrogen) atoms. The minimum Gasteiger partial charge on any atom is -0.449 e. The van der Waals surface area contributed by atoms with Gasteiger partial charge in [-0.2, -0.15) is 26.3 Å². The van der Waals surface area contributed by atoms with E-state index >= 15 is 0 Å². The Hall–Kier alpha value is -2.83. The van der Waals surface area contributed by atoms with E-state index in [0.29, 0.717) is 0 Å². The maximum absolute atomic E-state index is 12.2. The molecule has 198 valence electrons. The number of halogens is 7.